The van der Waals surface area contributed by atoms with Crippen LogP contribution in [0.4, 0.5) is 149 Å². The maximum Gasteiger partial charge on any atom is 0.460 e. The van der Waals surface area contributed by atoms with Gasteiger partial charge < -0.3 is 10.2 Å². The van der Waals surface area contributed by atoms with Gasteiger partial charge in [0, 0.05) is 30.8 Å². The van der Waals surface area contributed by atoms with Gasteiger partial charge in [0.1, 0.15) is 11.5 Å². The summed E-state index contributed by atoms with van der Waals surface area (Å²) in [5.74, 6) is -123. The molecule has 0 aliphatic carbocycles. The first kappa shape index (κ1) is 73.5. The van der Waals surface area contributed by atoms with Gasteiger partial charge in [-0.1, -0.05) is 51.5 Å². The summed E-state index contributed by atoms with van der Waals surface area (Å²) in [6.45, 7) is 4.53. The van der Waals surface area contributed by atoms with Crippen LogP contribution in [0.15, 0.2) is 24.3 Å². The second-order valence-electron chi connectivity index (χ2n) is 17.9. The maximum atomic E-state index is 14.6. The molecule has 81 heavy (non-hydrogen) atoms. The molecule has 1 atom stereocenters. The molecular formula is C43H38F34O2S2. The lowest BCUT2D eigenvalue weighted by Gasteiger charge is -2.42. The molecule has 0 aromatic heterocycles. The summed E-state index contributed by atoms with van der Waals surface area (Å²) in [6.07, 6.45) is -21.5. The van der Waals surface area contributed by atoms with Crippen molar-refractivity contribution in [3.8, 4) is 11.5 Å². The van der Waals surface area contributed by atoms with Crippen LogP contribution in [0, 0.1) is 0 Å². The van der Waals surface area contributed by atoms with E-state index in [4.69, 9.17) is 0 Å². The number of thioether (sulfide) groups is 2. The van der Waals surface area contributed by atoms with Gasteiger partial charge in [0.05, 0.1) is 0 Å². The largest absolute Gasteiger partial charge is 0.507 e. The molecule has 0 saturated carbocycles. The molecule has 472 valence electrons. The zero-order chi connectivity index (χ0) is 64.2. The number of benzene rings is 2. The van der Waals surface area contributed by atoms with Crippen LogP contribution >= 0.6 is 23.5 Å². The van der Waals surface area contributed by atoms with E-state index in [2.05, 4.69) is 0 Å². The molecule has 0 saturated heterocycles. The zero-order valence-electron chi connectivity index (χ0n) is 40.2. The summed E-state index contributed by atoms with van der Waals surface area (Å²) in [5, 5.41) is 22.4. The molecule has 2 N–H and O–H groups in total. The molecule has 0 radical (unpaired) electrons. The van der Waals surface area contributed by atoms with E-state index in [1.54, 1.807) is 6.92 Å². The lowest BCUT2D eigenvalue weighted by atomic mass is 9.88. The lowest BCUT2D eigenvalue weighted by molar-refractivity contribution is -0.461. The van der Waals surface area contributed by atoms with Crippen molar-refractivity contribution in [2.75, 3.05) is 11.5 Å². The summed E-state index contributed by atoms with van der Waals surface area (Å²) < 4.78 is 467. The summed E-state index contributed by atoms with van der Waals surface area (Å²) in [5.41, 5.74) is -1.02. The van der Waals surface area contributed by atoms with Gasteiger partial charge in [-0.25, -0.2) is 0 Å². The Morgan fingerprint density at radius 2 is 0.667 bits per heavy atom. The first-order valence-electron chi connectivity index (χ1n) is 22.0. The van der Waals surface area contributed by atoms with E-state index in [1.807, 2.05) is 0 Å². The quantitative estimate of drug-likeness (QED) is 0.0629. The smallest absolute Gasteiger partial charge is 0.460 e. The van der Waals surface area contributed by atoms with Crippen LogP contribution in [-0.4, -0.2) is 117 Å². The van der Waals surface area contributed by atoms with Crippen molar-refractivity contribution in [3.05, 3.63) is 57.6 Å². The highest BCUT2D eigenvalue weighted by molar-refractivity contribution is 7.98. The number of rotatable bonds is 29. The topological polar surface area (TPSA) is 40.5 Å². The van der Waals surface area contributed by atoms with Crippen molar-refractivity contribution in [3.63, 3.8) is 0 Å². The molecule has 0 amide bonds. The third-order valence-corrected chi connectivity index (χ3v) is 14.2. The Bertz CT molecular complexity index is 2460. The summed E-state index contributed by atoms with van der Waals surface area (Å²) in [4.78, 5) is 0. The lowest BCUT2D eigenvalue weighted by Crippen LogP contribution is -2.74. The average Bonchev–Trinajstić information content (AvgIpc) is 3.31. The monoisotopic (exact) mass is 1300 g/mol. The third-order valence-electron chi connectivity index (χ3n) is 12.2. The summed E-state index contributed by atoms with van der Waals surface area (Å²) >= 11 is -0.0162. The van der Waals surface area contributed by atoms with Crippen LogP contribution in [0.1, 0.15) is 92.2 Å². The molecule has 2 aromatic rings. The SMILES string of the molecule is CCCCc1cc(CSCCC(F)(F)C(F)(F)C(F)(F)C(F)(F)C(F)(F)C(F)(F)C(F)(F)C(F)(F)F)cc(Cc2cc(CSCCC(F)(F)C(F)(F)C(F)(F)C(F)(F)C(F)(F)C(F)(F)C(F)(F)C(F)(F)F)cc(C(C)CC)c2O)c1O. The molecule has 0 fully saturated rings. The minimum atomic E-state index is -8.84. The summed E-state index contributed by atoms with van der Waals surface area (Å²) in [6, 6.07) is 4.09. The van der Waals surface area contributed by atoms with Gasteiger partial charge in [-0.15, -0.1) is 0 Å². The number of hydrogen-bond donors (Lipinski definition) is 2. The molecule has 38 heteroatoms. The van der Waals surface area contributed by atoms with Crippen molar-refractivity contribution in [2.45, 2.75) is 178 Å². The van der Waals surface area contributed by atoms with Crippen molar-refractivity contribution < 1.29 is 159 Å². The Morgan fingerprint density at radius 3 is 0.975 bits per heavy atom. The van der Waals surface area contributed by atoms with Crippen LogP contribution in [0.3, 0.4) is 0 Å². The fourth-order valence-electron chi connectivity index (χ4n) is 6.90. The standard InChI is InChI=1S/C43H38F34O2S2/c1-4-6-7-22-12-20(17-80-10-8-28(44,45)30(48,49)32(52,53)34(56,57)36(60,61)38(64,65)40(68,69)42(72,73)74)13-23(26(22)78)16-24-14-21(15-25(27(24)79)19(3)5-2)18-81-11-9-29(46,47)31(50,51)33(54,55)35(58,59)37(62,63)39(66,67)41(70,71)43(75,76)77/h12-15,19,78-79H,4-11,16-18H2,1-3H3. The molecule has 2 rings (SSSR count). The van der Waals surface area contributed by atoms with Gasteiger partial charge in [0.15, 0.2) is 0 Å². The highest BCUT2D eigenvalue weighted by Gasteiger charge is 2.97. The number of halogens is 34. The Balaban J connectivity index is 2.49. The Hall–Kier alpha value is -3.64. The number of aromatic hydroxyl groups is 2. The van der Waals surface area contributed by atoms with Gasteiger partial charge in [-0.2, -0.15) is 173 Å². The van der Waals surface area contributed by atoms with Crippen molar-refractivity contribution in [1.29, 1.82) is 0 Å². The minimum absolute atomic E-state index is 0.00695. The van der Waals surface area contributed by atoms with E-state index in [1.165, 1.54) is 13.8 Å². The predicted octanol–water partition coefficient (Wildman–Crippen LogP) is 18.8. The number of unbranched alkanes of at least 4 members (excludes halogenated alkanes) is 1. The Morgan fingerprint density at radius 1 is 0.383 bits per heavy atom. The number of aryl methyl sites for hydroxylation is 1. The molecule has 2 nitrogen and oxygen atoms in total. The molecule has 2 aromatic carbocycles. The number of phenolic OH excluding ortho intramolecular Hbond substituents is 2. The van der Waals surface area contributed by atoms with Crippen LogP contribution < -0.4 is 0 Å². The van der Waals surface area contributed by atoms with Gasteiger partial charge in [0.2, 0.25) is 0 Å². The van der Waals surface area contributed by atoms with E-state index in [-0.39, 0.29) is 76.2 Å². The number of phenols is 2. The van der Waals surface area contributed by atoms with E-state index >= 15 is 0 Å². The van der Waals surface area contributed by atoms with Crippen LogP contribution in [0.25, 0.3) is 0 Å². The van der Waals surface area contributed by atoms with Gasteiger partial charge in [-0.05, 0) is 70.1 Å². The molecule has 1 unspecified atom stereocenters. The molecule has 0 bridgehead atoms. The number of hydrogen-bond acceptors (Lipinski definition) is 4. The number of alkyl halides is 34. The zero-order valence-corrected chi connectivity index (χ0v) is 41.9. The maximum absolute atomic E-state index is 14.6. The third kappa shape index (κ3) is 12.4. The van der Waals surface area contributed by atoms with E-state index in [0.717, 1.165) is 24.3 Å². The Labute approximate surface area is 441 Å². The minimum Gasteiger partial charge on any atom is -0.507 e. The first-order chi connectivity index (χ1) is 35.7. The molecule has 0 aliphatic heterocycles. The highest BCUT2D eigenvalue weighted by Crippen LogP contribution is 2.66. The highest BCUT2D eigenvalue weighted by atomic mass is 32.2. The van der Waals surface area contributed by atoms with Crippen molar-refractivity contribution in [2.24, 2.45) is 0 Å². The van der Waals surface area contributed by atoms with Crippen molar-refractivity contribution >= 4 is 23.5 Å². The predicted molar refractivity (Wildman–Crippen MR) is 219 cm³/mol. The molecule has 0 heterocycles. The van der Waals surface area contributed by atoms with Crippen LogP contribution in [0.5, 0.6) is 11.5 Å². The van der Waals surface area contributed by atoms with E-state index in [0.29, 0.717) is 6.42 Å². The average molecular weight is 1300 g/mol. The van der Waals surface area contributed by atoms with Crippen LogP contribution in [-0.2, 0) is 24.3 Å². The fourth-order valence-corrected chi connectivity index (χ4v) is 8.80. The van der Waals surface area contributed by atoms with E-state index < -0.39 is 155 Å². The van der Waals surface area contributed by atoms with Gasteiger partial charge in [0.25, 0.3) is 0 Å². The molecule has 0 spiro atoms. The normalized spacial score (nSPS) is 15.7. The first-order valence-corrected chi connectivity index (χ1v) is 24.3. The second-order valence-corrected chi connectivity index (χ2v) is 20.2. The Kier molecular flexibility index (Phi) is 21.2. The second kappa shape index (κ2) is 23.3. The fraction of sp³-hybridized carbons (Fsp3) is 0.721. The van der Waals surface area contributed by atoms with Gasteiger partial charge in [-0.3, -0.25) is 0 Å². The molecule has 0 aliphatic rings. The van der Waals surface area contributed by atoms with Crippen molar-refractivity contribution in [1.82, 2.24) is 0 Å². The van der Waals surface area contributed by atoms with Crippen LogP contribution in [0.2, 0.25) is 0 Å². The van der Waals surface area contributed by atoms with E-state index in [9.17, 15) is 159 Å². The summed E-state index contributed by atoms with van der Waals surface area (Å²) in [7, 11) is 0. The van der Waals surface area contributed by atoms with Gasteiger partial charge >= 0.3 is 95.3 Å². The molecular weight excluding hydrogens is 1260 g/mol.